The van der Waals surface area contributed by atoms with Crippen molar-refractivity contribution in [3.63, 3.8) is 0 Å². The van der Waals surface area contributed by atoms with Crippen LogP contribution < -0.4 is 62.7 Å². The maximum absolute atomic E-state index is 10.4. The molecule has 0 aliphatic carbocycles. The van der Waals surface area contributed by atoms with E-state index in [9.17, 15) is 52.7 Å². The normalized spacial score (nSPS) is 14.6. The summed E-state index contributed by atoms with van der Waals surface area (Å²) in [5, 5.41) is 85.3. The van der Waals surface area contributed by atoms with Crippen LogP contribution in [0.3, 0.4) is 0 Å². The summed E-state index contributed by atoms with van der Waals surface area (Å²) in [6.07, 6.45) is 3.23. The number of carbonyl (C=O) groups is 11. The molecule has 0 spiro atoms. The SMILES string of the molecule is CC(C)C[C@H](N)C(=O)O.CC[C@H](C)[C@H](N)C(=O)O.NC(=O)CC[C@H](N)C(=O)O.NC(=O)C[C@H](N)C(=O)O.NCC(=O)O.N[C@@H](CS)C(=O)O.N[C@@H](CS)C(=O)O.N[C@@H](Cc1ccc(O)cc1)C(=O)O.O=C(O)[C@@H]1CCCN1. The fourth-order valence-corrected chi connectivity index (χ4v) is 4.17. The minimum absolute atomic E-state index is 0.0213. The molecule has 1 aliphatic rings. The number of phenols is 1. The number of phenolic OH excluding ortho intramolecular Hbond substituents is 1. The van der Waals surface area contributed by atoms with Crippen molar-refractivity contribution in [2.75, 3.05) is 24.6 Å². The molecular weight excluding hydrogens is 1070 g/mol. The Morgan fingerprint density at radius 2 is 0.987 bits per heavy atom. The molecule has 448 valence electrons. The van der Waals surface area contributed by atoms with Gasteiger partial charge in [0.15, 0.2) is 0 Å². The number of nitrogens with one attached hydrogen (secondary N) is 1. The smallest absolute Gasteiger partial charge is 0.321 e. The molecule has 0 unspecified atom stereocenters. The summed E-state index contributed by atoms with van der Waals surface area (Å²) >= 11 is 7.30. The van der Waals surface area contributed by atoms with Gasteiger partial charge in [-0.3, -0.25) is 52.7 Å². The lowest BCUT2D eigenvalue weighted by atomic mass is 10.0. The monoisotopic (exact) mass is 1150 g/mol. The quantitative estimate of drug-likeness (QED) is 0.0488. The number of nitrogens with two attached hydrogens (primary N) is 10. The van der Waals surface area contributed by atoms with Gasteiger partial charge in [-0.1, -0.05) is 46.2 Å². The first kappa shape index (κ1) is 84.5. The van der Waals surface area contributed by atoms with Crippen LogP contribution in [0.2, 0.25) is 0 Å². The summed E-state index contributed by atoms with van der Waals surface area (Å²) in [6.45, 7) is 8.23. The van der Waals surface area contributed by atoms with Crippen LogP contribution in [0, 0.1) is 11.8 Å². The van der Waals surface area contributed by atoms with Gasteiger partial charge in [0.1, 0.15) is 54.1 Å². The van der Waals surface area contributed by atoms with Crippen LogP contribution in [-0.2, 0) is 59.2 Å². The Morgan fingerprint density at radius 1 is 0.597 bits per heavy atom. The number of carbonyl (C=O) groups excluding carboxylic acids is 2. The lowest BCUT2D eigenvalue weighted by molar-refractivity contribution is -0.140. The number of carboxylic acid groups (broad SMARTS) is 9. The van der Waals surface area contributed by atoms with Gasteiger partial charge in [-0.15, -0.1) is 0 Å². The third-order valence-corrected chi connectivity index (χ3v) is 9.40. The lowest BCUT2D eigenvalue weighted by Gasteiger charge is -2.11. The van der Waals surface area contributed by atoms with Crippen LogP contribution in [0.1, 0.15) is 78.2 Å². The molecule has 0 bridgehead atoms. The predicted molar refractivity (Wildman–Crippen MR) is 285 cm³/mol. The second-order valence-electron chi connectivity index (χ2n) is 16.0. The largest absolute Gasteiger partial charge is 0.508 e. The van der Waals surface area contributed by atoms with E-state index < -0.39 is 108 Å². The summed E-state index contributed by atoms with van der Waals surface area (Å²) in [5.74, 6) is -9.13. The molecule has 2 rings (SSSR count). The number of thiol groups is 2. The summed E-state index contributed by atoms with van der Waals surface area (Å²) < 4.78 is 0. The standard InChI is InChI=1S/C9H11NO3.2C6H13NO2.C5H10N2O3.C5H9NO2.C4H8N2O3.2C3H7NO2S.C2H5NO2/c10-8(9(12)13)5-6-1-3-7(11)4-2-6;1-4(2)3-5(7)6(8)9;1-3-4(2)5(7)6(8)9;6-3(5(9)10)1-2-4(7)8;7-5(8)4-2-1-3-6-4;5-2(4(8)9)1-3(6)7;2*4-2(1-7)3(5)6;3-1-2(4)5/h1-4,8,11H,5,10H2,(H,12,13);2*4-5H,3,7H2,1-2H3,(H,8,9);3H,1-2,6H2,(H2,7,8)(H,9,10);4,6H,1-3H2,(H,7,8);2H,1,5H2,(H2,6,7)(H,8,9);2*2,7H,1,4H2,(H,5,6);1,3H2,(H,4,5)/t8-;5-;4-,5-;3-;4-;3*2-;/m00000000./s1. The number of amides is 2. The highest BCUT2D eigenvalue weighted by Crippen LogP contribution is 2.11. The number of aliphatic carboxylic acids is 9. The second kappa shape index (κ2) is 51.6. The zero-order valence-corrected chi connectivity index (χ0v) is 45.0. The van der Waals surface area contributed by atoms with Crippen molar-refractivity contribution >= 4 is 90.8 Å². The fraction of sp³-hybridized carbons (Fsp3) is 0.605. The maximum atomic E-state index is 10.4. The van der Waals surface area contributed by atoms with E-state index in [-0.39, 0.29) is 61.4 Å². The zero-order valence-electron chi connectivity index (χ0n) is 43.2. The average molecular weight is 1150 g/mol. The first-order valence-corrected chi connectivity index (χ1v) is 23.8. The van der Waals surface area contributed by atoms with Gasteiger partial charge in [0.2, 0.25) is 11.8 Å². The van der Waals surface area contributed by atoms with Crippen molar-refractivity contribution in [2.24, 2.45) is 69.2 Å². The van der Waals surface area contributed by atoms with Crippen molar-refractivity contribution in [3.8, 4) is 5.75 Å². The molecule has 31 N–H and O–H groups in total. The Balaban J connectivity index is -0.000000145. The van der Waals surface area contributed by atoms with Crippen molar-refractivity contribution < 1.29 is 104 Å². The number of primary amides is 2. The highest BCUT2D eigenvalue weighted by molar-refractivity contribution is 7.80. The van der Waals surface area contributed by atoms with Gasteiger partial charge in [-0.05, 0) is 68.2 Å². The van der Waals surface area contributed by atoms with Crippen LogP contribution in [0.4, 0.5) is 0 Å². The fourth-order valence-electron chi connectivity index (χ4n) is 3.86. The molecule has 0 saturated carbocycles. The topological polar surface area (TPSA) is 662 Å². The van der Waals surface area contributed by atoms with Gasteiger partial charge in [0, 0.05) is 17.9 Å². The number of hydrogen-bond acceptors (Lipinski definition) is 23. The zero-order chi connectivity index (χ0) is 62.3. The van der Waals surface area contributed by atoms with E-state index in [1.807, 2.05) is 27.7 Å². The van der Waals surface area contributed by atoms with Crippen LogP contribution in [0.5, 0.6) is 5.75 Å². The summed E-state index contributed by atoms with van der Waals surface area (Å²) in [4.78, 5) is 110. The van der Waals surface area contributed by atoms with Crippen LogP contribution >= 0.6 is 25.3 Å². The van der Waals surface area contributed by atoms with Gasteiger partial charge in [-0.2, -0.15) is 25.3 Å². The Morgan fingerprint density at radius 3 is 1.17 bits per heavy atom. The first-order chi connectivity index (χ1) is 35.2. The Bertz CT molecular complexity index is 1850. The Labute approximate surface area is 455 Å². The van der Waals surface area contributed by atoms with Crippen molar-refractivity contribution in [2.45, 2.75) is 127 Å². The third kappa shape index (κ3) is 62.0. The van der Waals surface area contributed by atoms with Crippen LogP contribution in [-0.4, -0.2) is 190 Å². The van der Waals surface area contributed by atoms with Gasteiger partial charge in [0.05, 0.1) is 13.0 Å². The van der Waals surface area contributed by atoms with E-state index in [4.69, 9.17) is 96.9 Å². The number of rotatable bonds is 22. The van der Waals surface area contributed by atoms with E-state index in [0.29, 0.717) is 12.3 Å². The number of hydrogen-bond donors (Lipinski definition) is 23. The van der Waals surface area contributed by atoms with Gasteiger partial charge in [-0.25, -0.2) is 0 Å². The first-order valence-electron chi connectivity index (χ1n) is 22.6. The van der Waals surface area contributed by atoms with E-state index >= 15 is 0 Å². The second-order valence-corrected chi connectivity index (χ2v) is 16.8. The Hall–Kier alpha value is -6.47. The molecule has 32 nitrogen and oxygen atoms in total. The van der Waals surface area contributed by atoms with Gasteiger partial charge >= 0.3 is 53.7 Å². The highest BCUT2D eigenvalue weighted by Gasteiger charge is 2.20. The minimum Gasteiger partial charge on any atom is -0.508 e. The molecule has 1 aromatic carbocycles. The van der Waals surface area contributed by atoms with E-state index in [0.717, 1.165) is 31.4 Å². The van der Waals surface area contributed by atoms with Crippen molar-refractivity contribution in [3.05, 3.63) is 29.8 Å². The number of aromatic hydroxyl groups is 1. The number of benzene rings is 1. The molecule has 0 aromatic heterocycles. The van der Waals surface area contributed by atoms with Gasteiger partial charge < -0.3 is 114 Å². The average Bonchev–Trinajstić information content (AvgIpc) is 3.90. The van der Waals surface area contributed by atoms with E-state index in [2.05, 4.69) is 42.0 Å². The summed E-state index contributed by atoms with van der Waals surface area (Å²) in [7, 11) is 0. The molecule has 9 atom stereocenters. The third-order valence-electron chi connectivity index (χ3n) is 8.61. The molecular formula is C43H83N11O21S2. The highest BCUT2D eigenvalue weighted by atomic mass is 32.1. The van der Waals surface area contributed by atoms with E-state index in [1.165, 1.54) is 12.1 Å². The van der Waals surface area contributed by atoms with E-state index in [1.54, 1.807) is 12.1 Å². The van der Waals surface area contributed by atoms with Crippen LogP contribution in [0.15, 0.2) is 24.3 Å². The molecule has 2 amide bonds. The minimum atomic E-state index is -1.21. The molecule has 34 heteroatoms. The molecule has 1 heterocycles. The molecule has 1 fully saturated rings. The van der Waals surface area contributed by atoms with Gasteiger partial charge in [0.25, 0.3) is 0 Å². The summed E-state index contributed by atoms with van der Waals surface area (Å²) in [6, 6.07) is -0.00873. The molecule has 1 aliphatic heterocycles. The molecule has 1 aromatic rings. The summed E-state index contributed by atoms with van der Waals surface area (Å²) in [5.41, 5.74) is 50.4. The molecule has 77 heavy (non-hydrogen) atoms. The Kier molecular flexibility index (Phi) is 56.6. The number of carboxylic acids is 9. The lowest BCUT2D eigenvalue weighted by Crippen LogP contribution is -2.36. The van der Waals surface area contributed by atoms with Crippen LogP contribution in [0.25, 0.3) is 0 Å². The molecule has 1 saturated heterocycles. The van der Waals surface area contributed by atoms with Crippen molar-refractivity contribution in [1.82, 2.24) is 5.32 Å². The van der Waals surface area contributed by atoms with Crippen molar-refractivity contribution in [1.29, 1.82) is 0 Å². The predicted octanol–water partition coefficient (Wildman–Crippen LogP) is -4.32. The molecule has 0 radical (unpaired) electrons. The maximum Gasteiger partial charge on any atom is 0.321 e.